The second-order valence-corrected chi connectivity index (χ2v) is 16.0. The van der Waals surface area contributed by atoms with Gasteiger partial charge in [0.1, 0.15) is 22.3 Å². The third-order valence-corrected chi connectivity index (χ3v) is 12.6. The van der Waals surface area contributed by atoms with Crippen molar-refractivity contribution in [3.63, 3.8) is 0 Å². The van der Waals surface area contributed by atoms with Gasteiger partial charge in [-0.25, -0.2) is 0 Å². The molecule has 4 nitrogen and oxygen atoms in total. The van der Waals surface area contributed by atoms with Gasteiger partial charge in [-0.15, -0.1) is 0 Å². The number of rotatable bonds is 6. The highest BCUT2D eigenvalue weighted by Gasteiger charge is 2.21. The molecule has 0 amide bonds. The quantitative estimate of drug-likeness (QED) is 0.168. The molecular weight excluding hydrogens is 757 g/mol. The number of nitrogens with zero attached hydrogens (tertiary/aromatic N) is 2. The second-order valence-electron chi connectivity index (χ2n) is 16.0. The Kier molecular flexibility index (Phi) is 7.57. The summed E-state index contributed by atoms with van der Waals surface area (Å²) in [6.45, 7) is 0. The van der Waals surface area contributed by atoms with Gasteiger partial charge in [0.25, 0.3) is 0 Å². The molecule has 290 valence electrons. The molecule has 3 aromatic heterocycles. The summed E-state index contributed by atoms with van der Waals surface area (Å²) in [5.74, 6) is 0. The fraction of sp³-hybridized carbons (Fsp3) is 0. The first-order valence-corrected chi connectivity index (χ1v) is 21.1. The van der Waals surface area contributed by atoms with Gasteiger partial charge in [0, 0.05) is 49.4 Å². The minimum absolute atomic E-state index is 0.854. The first kappa shape index (κ1) is 34.5. The molecule has 0 saturated carbocycles. The van der Waals surface area contributed by atoms with Crippen LogP contribution in [0.5, 0.6) is 0 Å². The zero-order valence-electron chi connectivity index (χ0n) is 33.5. The lowest BCUT2D eigenvalue weighted by molar-refractivity contribution is 0.669. The van der Waals surface area contributed by atoms with Crippen LogP contribution in [0.1, 0.15) is 0 Å². The van der Waals surface area contributed by atoms with Gasteiger partial charge < -0.3 is 18.3 Å². The Labute approximate surface area is 356 Å². The Morgan fingerprint density at radius 1 is 0.355 bits per heavy atom. The Hall–Kier alpha value is -8.34. The number of furan rings is 2. The van der Waals surface area contributed by atoms with Gasteiger partial charge in [0.2, 0.25) is 0 Å². The number of aromatic nitrogens is 1. The van der Waals surface area contributed by atoms with E-state index in [0.29, 0.717) is 0 Å². The van der Waals surface area contributed by atoms with Crippen LogP contribution >= 0.6 is 0 Å². The highest BCUT2D eigenvalue weighted by Crippen LogP contribution is 2.46. The van der Waals surface area contributed by atoms with Crippen LogP contribution in [0.2, 0.25) is 0 Å². The van der Waals surface area contributed by atoms with Crippen molar-refractivity contribution in [2.24, 2.45) is 0 Å². The Bertz CT molecular complexity index is 3810. The van der Waals surface area contributed by atoms with Gasteiger partial charge in [-0.3, -0.25) is 0 Å². The van der Waals surface area contributed by atoms with E-state index < -0.39 is 0 Å². The number of hydrogen-bond donors (Lipinski definition) is 0. The molecular formula is C58H36N2O2. The fourth-order valence-corrected chi connectivity index (χ4v) is 9.78. The molecule has 0 unspecified atom stereocenters. The maximum absolute atomic E-state index is 6.71. The molecule has 0 aliphatic carbocycles. The third kappa shape index (κ3) is 5.27. The lowest BCUT2D eigenvalue weighted by atomic mass is 9.98. The average Bonchev–Trinajstić information content (AvgIpc) is 4.03. The van der Waals surface area contributed by atoms with E-state index in [4.69, 9.17) is 8.83 Å². The topological polar surface area (TPSA) is 34.5 Å². The van der Waals surface area contributed by atoms with E-state index in [1.54, 1.807) is 0 Å². The van der Waals surface area contributed by atoms with E-state index in [-0.39, 0.29) is 0 Å². The normalized spacial score (nSPS) is 11.9. The maximum atomic E-state index is 6.71. The molecule has 13 rings (SSSR count). The van der Waals surface area contributed by atoms with E-state index >= 15 is 0 Å². The van der Waals surface area contributed by atoms with Crippen LogP contribution in [0.15, 0.2) is 227 Å². The predicted octanol–water partition coefficient (Wildman–Crippen LogP) is 16.5. The molecule has 62 heavy (non-hydrogen) atoms. The van der Waals surface area contributed by atoms with Crippen molar-refractivity contribution in [2.75, 3.05) is 4.90 Å². The molecule has 0 bridgehead atoms. The predicted molar refractivity (Wildman–Crippen MR) is 258 cm³/mol. The molecule has 0 radical (unpaired) electrons. The van der Waals surface area contributed by atoms with Crippen molar-refractivity contribution in [1.29, 1.82) is 0 Å². The molecule has 0 N–H and O–H groups in total. The van der Waals surface area contributed by atoms with Crippen molar-refractivity contribution >= 4 is 93.5 Å². The van der Waals surface area contributed by atoms with Crippen LogP contribution in [-0.2, 0) is 0 Å². The van der Waals surface area contributed by atoms with E-state index in [1.807, 2.05) is 12.1 Å². The highest BCUT2D eigenvalue weighted by atomic mass is 16.3. The van der Waals surface area contributed by atoms with Crippen molar-refractivity contribution in [3.8, 4) is 27.9 Å². The monoisotopic (exact) mass is 792 g/mol. The molecule has 4 heteroatoms. The minimum atomic E-state index is 0.854. The van der Waals surface area contributed by atoms with E-state index in [1.165, 1.54) is 21.8 Å². The standard InChI is InChI=1S/C58H36N2O2/c1-2-15-45-38(12-1)30-35-49-57-52(22-11-25-55(57)62-58(45)49)59(42-33-28-39(29-34-42)44-19-10-24-54-56(44)48-18-5-8-23-53(48)61-54)41-31-26-37(27-32-41)40-13-9-14-43(36-40)60-50-20-6-3-16-46(50)47-17-4-7-21-51(47)60/h1-36H. The lowest BCUT2D eigenvalue weighted by Crippen LogP contribution is -2.10. The zero-order chi connectivity index (χ0) is 40.7. The maximum Gasteiger partial charge on any atom is 0.143 e. The molecule has 0 aliphatic rings. The van der Waals surface area contributed by atoms with Gasteiger partial charge in [0.05, 0.1) is 22.1 Å². The lowest BCUT2D eigenvalue weighted by Gasteiger charge is -2.26. The van der Waals surface area contributed by atoms with Crippen LogP contribution in [0.3, 0.4) is 0 Å². The van der Waals surface area contributed by atoms with Crippen LogP contribution in [0, 0.1) is 0 Å². The van der Waals surface area contributed by atoms with E-state index in [0.717, 1.165) is 99.7 Å². The molecule has 0 spiro atoms. The van der Waals surface area contributed by atoms with Gasteiger partial charge in [-0.1, -0.05) is 140 Å². The molecule has 13 aromatic rings. The number of anilines is 3. The second kappa shape index (κ2) is 13.6. The van der Waals surface area contributed by atoms with Crippen LogP contribution in [-0.4, -0.2) is 4.57 Å². The van der Waals surface area contributed by atoms with Crippen LogP contribution in [0.4, 0.5) is 17.1 Å². The summed E-state index contributed by atoms with van der Waals surface area (Å²) in [4.78, 5) is 2.36. The third-order valence-electron chi connectivity index (χ3n) is 12.6. The SMILES string of the molecule is c1cc(-c2ccc(N(c3ccc(-c4cccc5oc6ccccc6c45)cc3)c3cccc4oc5c6ccccc6ccc5c34)cc2)cc(-n2c3ccccc3c3ccccc32)c1. The first-order chi connectivity index (χ1) is 30.7. The van der Waals surface area contributed by atoms with Crippen molar-refractivity contribution in [3.05, 3.63) is 218 Å². The Morgan fingerprint density at radius 3 is 1.71 bits per heavy atom. The van der Waals surface area contributed by atoms with Gasteiger partial charge in [-0.2, -0.15) is 0 Å². The number of benzene rings is 10. The summed E-state index contributed by atoms with van der Waals surface area (Å²) in [6.07, 6.45) is 0. The number of para-hydroxylation sites is 3. The summed E-state index contributed by atoms with van der Waals surface area (Å²) in [5.41, 5.74) is 14.8. The van der Waals surface area contributed by atoms with Crippen molar-refractivity contribution < 1.29 is 8.83 Å². The summed E-state index contributed by atoms with van der Waals surface area (Å²) < 4.78 is 15.4. The summed E-state index contributed by atoms with van der Waals surface area (Å²) in [7, 11) is 0. The minimum Gasteiger partial charge on any atom is -0.456 e. The van der Waals surface area contributed by atoms with Gasteiger partial charge >= 0.3 is 0 Å². The zero-order valence-corrected chi connectivity index (χ0v) is 33.5. The van der Waals surface area contributed by atoms with Crippen molar-refractivity contribution in [1.82, 2.24) is 4.57 Å². The highest BCUT2D eigenvalue weighted by molar-refractivity contribution is 6.20. The number of fused-ring (bicyclic) bond motifs is 11. The number of hydrogen-bond acceptors (Lipinski definition) is 3. The fourth-order valence-electron chi connectivity index (χ4n) is 9.78. The van der Waals surface area contributed by atoms with Gasteiger partial charge in [0.15, 0.2) is 0 Å². The summed E-state index contributed by atoms with van der Waals surface area (Å²) in [6, 6.07) is 78.0. The molecule has 0 fully saturated rings. The molecule has 3 heterocycles. The molecule has 0 saturated heterocycles. The Balaban J connectivity index is 0.955. The molecule has 0 atom stereocenters. The summed E-state index contributed by atoms with van der Waals surface area (Å²) in [5, 5.41) is 9.20. The first-order valence-electron chi connectivity index (χ1n) is 21.1. The van der Waals surface area contributed by atoms with Crippen molar-refractivity contribution in [2.45, 2.75) is 0 Å². The van der Waals surface area contributed by atoms with Crippen LogP contribution < -0.4 is 4.90 Å². The molecule has 10 aromatic carbocycles. The molecule has 0 aliphatic heterocycles. The largest absolute Gasteiger partial charge is 0.456 e. The van der Waals surface area contributed by atoms with Gasteiger partial charge in [-0.05, 0) is 107 Å². The Morgan fingerprint density at radius 2 is 0.952 bits per heavy atom. The van der Waals surface area contributed by atoms with Crippen LogP contribution in [0.25, 0.3) is 104 Å². The van der Waals surface area contributed by atoms with E-state index in [9.17, 15) is 0 Å². The van der Waals surface area contributed by atoms with E-state index in [2.05, 4.69) is 216 Å². The smallest absolute Gasteiger partial charge is 0.143 e. The summed E-state index contributed by atoms with van der Waals surface area (Å²) >= 11 is 0. The average molecular weight is 793 g/mol.